The molecule has 1 amide bonds. The minimum Gasteiger partial charge on any atom is -0.352 e. The predicted octanol–water partition coefficient (Wildman–Crippen LogP) is 5.34. The first kappa shape index (κ1) is 30.9. The van der Waals surface area contributed by atoms with Gasteiger partial charge in [-0.2, -0.15) is 5.10 Å². The summed E-state index contributed by atoms with van der Waals surface area (Å²) in [6.07, 6.45) is 9.18. The first-order valence-corrected chi connectivity index (χ1v) is 16.3. The van der Waals surface area contributed by atoms with Crippen molar-refractivity contribution in [3.05, 3.63) is 83.6 Å². The summed E-state index contributed by atoms with van der Waals surface area (Å²) < 4.78 is 32.3. The number of hydrogen-bond donors (Lipinski definition) is 4. The number of aromatic nitrogens is 5. The molecule has 5 aromatic rings. The SMILES string of the molecule is CCc1cc(Nc2nccn3c(-c4ccc(-c5c[nH]nc5C)c(F)c4F)cnc23)ccc1C(=O)NCC1CCN(CC2CNC2)CC1. The van der Waals surface area contributed by atoms with Gasteiger partial charge in [-0.15, -0.1) is 0 Å². The number of anilines is 2. The summed E-state index contributed by atoms with van der Waals surface area (Å²) in [6.45, 7) is 10.1. The number of aromatic amines is 1. The highest BCUT2D eigenvalue weighted by atomic mass is 19.2. The van der Waals surface area contributed by atoms with Gasteiger partial charge in [0.05, 0.1) is 17.6 Å². The van der Waals surface area contributed by atoms with Gasteiger partial charge in [0.25, 0.3) is 5.91 Å². The molecule has 2 saturated heterocycles. The van der Waals surface area contributed by atoms with Gasteiger partial charge in [0.1, 0.15) is 0 Å². The summed E-state index contributed by atoms with van der Waals surface area (Å²) in [5, 5.41) is 16.5. The molecule has 2 aliphatic heterocycles. The Morgan fingerprint density at radius 3 is 2.53 bits per heavy atom. The number of fused-ring (bicyclic) bond motifs is 1. The number of halogens is 2. The number of nitrogens with zero attached hydrogens (tertiary/aromatic N) is 5. The second kappa shape index (κ2) is 13.2. The number of carbonyl (C=O) groups is 1. The molecule has 4 N–H and O–H groups in total. The number of benzene rings is 2. The number of aryl methyl sites for hydroxylation is 2. The zero-order chi connectivity index (χ0) is 32.5. The Hall–Kier alpha value is -4.68. The van der Waals surface area contributed by atoms with Gasteiger partial charge in [-0.1, -0.05) is 13.0 Å². The maximum absolute atomic E-state index is 15.4. The summed E-state index contributed by atoms with van der Waals surface area (Å²) in [6, 6.07) is 8.73. The molecule has 2 fully saturated rings. The van der Waals surface area contributed by atoms with Gasteiger partial charge in [-0.05, 0) is 80.9 Å². The summed E-state index contributed by atoms with van der Waals surface area (Å²) >= 11 is 0. The van der Waals surface area contributed by atoms with Gasteiger partial charge in [-0.3, -0.25) is 14.3 Å². The van der Waals surface area contributed by atoms with Gasteiger partial charge in [0.2, 0.25) is 0 Å². The molecule has 2 aromatic carbocycles. The van der Waals surface area contributed by atoms with Crippen LogP contribution in [0.5, 0.6) is 0 Å². The van der Waals surface area contributed by atoms with Gasteiger partial charge < -0.3 is 20.9 Å². The fourth-order valence-electron chi connectivity index (χ4n) is 6.66. The first-order chi connectivity index (χ1) is 22.9. The maximum Gasteiger partial charge on any atom is 0.251 e. The Balaban J connectivity index is 1.04. The van der Waals surface area contributed by atoms with Crippen molar-refractivity contribution in [1.82, 2.24) is 40.1 Å². The van der Waals surface area contributed by atoms with E-state index >= 15 is 8.78 Å². The van der Waals surface area contributed by atoms with Crippen LogP contribution in [0.4, 0.5) is 20.3 Å². The van der Waals surface area contributed by atoms with Crippen LogP contribution in [-0.4, -0.2) is 74.6 Å². The second-order valence-corrected chi connectivity index (χ2v) is 12.6. The maximum atomic E-state index is 15.4. The number of nitrogens with one attached hydrogen (secondary N) is 4. The van der Waals surface area contributed by atoms with Crippen molar-refractivity contribution in [1.29, 1.82) is 0 Å². The lowest BCUT2D eigenvalue weighted by molar-refractivity contribution is 0.0929. The van der Waals surface area contributed by atoms with E-state index in [4.69, 9.17) is 0 Å². The molecule has 0 aliphatic carbocycles. The average Bonchev–Trinajstić information content (AvgIpc) is 3.70. The van der Waals surface area contributed by atoms with Crippen molar-refractivity contribution >= 4 is 23.1 Å². The summed E-state index contributed by atoms with van der Waals surface area (Å²) in [5.74, 6) is -0.246. The van der Waals surface area contributed by atoms with Crippen molar-refractivity contribution in [3.8, 4) is 22.4 Å². The Bertz CT molecular complexity index is 1910. The third kappa shape index (κ3) is 6.22. The molecule has 7 rings (SSSR count). The van der Waals surface area contributed by atoms with Crippen molar-refractivity contribution in [2.24, 2.45) is 11.8 Å². The molecule has 2 aliphatic rings. The number of piperidine rings is 1. The predicted molar refractivity (Wildman–Crippen MR) is 178 cm³/mol. The zero-order valence-corrected chi connectivity index (χ0v) is 26.6. The monoisotopic (exact) mass is 639 g/mol. The molecular weight excluding hydrogens is 600 g/mol. The molecule has 12 heteroatoms. The molecule has 47 heavy (non-hydrogen) atoms. The number of carbonyl (C=O) groups excluding carboxylic acids is 1. The molecule has 10 nitrogen and oxygen atoms in total. The van der Waals surface area contributed by atoms with Crippen LogP contribution in [0.1, 0.15) is 41.4 Å². The van der Waals surface area contributed by atoms with Crippen molar-refractivity contribution in [3.63, 3.8) is 0 Å². The van der Waals surface area contributed by atoms with Crippen LogP contribution in [0.3, 0.4) is 0 Å². The lowest BCUT2D eigenvalue weighted by Gasteiger charge is -2.37. The Morgan fingerprint density at radius 2 is 1.81 bits per heavy atom. The van der Waals surface area contributed by atoms with Crippen LogP contribution in [-0.2, 0) is 6.42 Å². The number of likely N-dealkylation sites (tertiary alicyclic amines) is 1. The number of rotatable bonds is 10. The molecule has 0 unspecified atom stereocenters. The van der Waals surface area contributed by atoms with Gasteiger partial charge >= 0.3 is 0 Å². The highest BCUT2D eigenvalue weighted by molar-refractivity contribution is 5.96. The van der Waals surface area contributed by atoms with E-state index < -0.39 is 11.6 Å². The summed E-state index contributed by atoms with van der Waals surface area (Å²) in [5.41, 5.74) is 4.46. The van der Waals surface area contributed by atoms with Gasteiger partial charge in [0, 0.05) is 72.7 Å². The minimum atomic E-state index is -0.968. The molecule has 244 valence electrons. The van der Waals surface area contributed by atoms with Gasteiger partial charge in [-0.25, -0.2) is 18.7 Å². The molecule has 0 bridgehead atoms. The highest BCUT2D eigenvalue weighted by Gasteiger charge is 2.25. The van der Waals surface area contributed by atoms with E-state index in [-0.39, 0.29) is 17.0 Å². The Morgan fingerprint density at radius 1 is 1.02 bits per heavy atom. The normalized spacial score (nSPS) is 16.0. The highest BCUT2D eigenvalue weighted by Crippen LogP contribution is 2.33. The average molecular weight is 640 g/mol. The fraction of sp³-hybridized carbons (Fsp3) is 0.371. The lowest BCUT2D eigenvalue weighted by atomic mass is 9.94. The van der Waals surface area contributed by atoms with Crippen LogP contribution in [0.25, 0.3) is 28.0 Å². The third-order valence-electron chi connectivity index (χ3n) is 9.54. The Kier molecular flexibility index (Phi) is 8.70. The van der Waals surface area contributed by atoms with E-state index in [1.165, 1.54) is 12.7 Å². The van der Waals surface area contributed by atoms with E-state index in [1.54, 1.807) is 42.0 Å². The molecule has 0 saturated carbocycles. The van der Waals surface area contributed by atoms with Crippen LogP contribution in [0.2, 0.25) is 0 Å². The minimum absolute atomic E-state index is 0.0577. The van der Waals surface area contributed by atoms with E-state index in [0.717, 1.165) is 56.2 Å². The molecule has 0 radical (unpaired) electrons. The van der Waals surface area contributed by atoms with Crippen LogP contribution < -0.4 is 16.0 Å². The molecule has 5 heterocycles. The van der Waals surface area contributed by atoms with Crippen LogP contribution in [0, 0.1) is 30.4 Å². The summed E-state index contributed by atoms with van der Waals surface area (Å²) in [7, 11) is 0. The third-order valence-corrected chi connectivity index (χ3v) is 9.54. The molecule has 0 atom stereocenters. The number of H-pyrrole nitrogens is 1. The van der Waals surface area contributed by atoms with E-state index in [1.807, 2.05) is 25.1 Å². The molecule has 3 aromatic heterocycles. The second-order valence-electron chi connectivity index (χ2n) is 12.6. The number of hydrogen-bond acceptors (Lipinski definition) is 7. The largest absolute Gasteiger partial charge is 0.352 e. The smallest absolute Gasteiger partial charge is 0.251 e. The fourth-order valence-corrected chi connectivity index (χ4v) is 6.66. The van der Waals surface area contributed by atoms with E-state index in [2.05, 4.69) is 41.0 Å². The van der Waals surface area contributed by atoms with E-state index in [9.17, 15) is 4.79 Å². The topological polar surface area (TPSA) is 115 Å². The summed E-state index contributed by atoms with van der Waals surface area (Å²) in [4.78, 5) is 24.8. The van der Waals surface area contributed by atoms with Gasteiger partial charge in [0.15, 0.2) is 23.1 Å². The number of imidazole rings is 1. The van der Waals surface area contributed by atoms with Crippen LogP contribution in [0.15, 0.2) is 55.1 Å². The zero-order valence-electron chi connectivity index (χ0n) is 26.6. The van der Waals surface area contributed by atoms with E-state index in [0.29, 0.717) is 52.9 Å². The van der Waals surface area contributed by atoms with Crippen LogP contribution >= 0.6 is 0 Å². The van der Waals surface area contributed by atoms with Crippen molar-refractivity contribution < 1.29 is 13.6 Å². The molecule has 0 spiro atoms. The quantitative estimate of drug-likeness (QED) is 0.163. The van der Waals surface area contributed by atoms with Crippen molar-refractivity contribution in [2.45, 2.75) is 33.1 Å². The lowest BCUT2D eigenvalue weighted by Crippen LogP contribution is -2.50. The molecular formula is C35H39F2N9O. The van der Waals surface area contributed by atoms with Crippen molar-refractivity contribution in [2.75, 3.05) is 44.6 Å². The Labute approximate surface area is 272 Å². The first-order valence-electron chi connectivity index (χ1n) is 16.3. The number of amides is 1. The standard InChI is InChI=1S/C35H39F2N9O/c1-3-24-14-25(4-5-26(24)35(47)41-17-22-8-11-45(12-9-22)20-23-15-38-16-23)43-33-34-40-19-30(46(34)13-10-39-33)28-7-6-27(31(36)32(28)37)29-18-42-44-21(29)2/h4-7,10,13-14,18-19,22-23,38H,3,8-9,11-12,15-17,20H2,1-2H3,(H,39,43)(H,41,47)(H,42,44).